The van der Waals surface area contributed by atoms with Crippen LogP contribution >= 0.6 is 23.1 Å². The summed E-state index contributed by atoms with van der Waals surface area (Å²) in [6, 6.07) is 6.85. The van der Waals surface area contributed by atoms with E-state index >= 15 is 0 Å². The number of fused-ring (bicyclic) bond motifs is 1. The SMILES string of the molecule is CCOC(=O)c1c(NC(=O)C(C)OC(=O)c2ccc(-n3c(C)nnc3SC)cc2)sc2c1CCCCCC2. The van der Waals surface area contributed by atoms with Gasteiger partial charge in [-0.05, 0) is 82.5 Å². The van der Waals surface area contributed by atoms with Crippen LogP contribution in [0.3, 0.4) is 0 Å². The van der Waals surface area contributed by atoms with E-state index in [4.69, 9.17) is 9.47 Å². The van der Waals surface area contributed by atoms with E-state index in [-0.39, 0.29) is 6.61 Å². The summed E-state index contributed by atoms with van der Waals surface area (Å²) in [6.45, 7) is 5.38. The van der Waals surface area contributed by atoms with Gasteiger partial charge in [0.2, 0.25) is 0 Å². The Bertz CT molecular complexity index is 1320. The number of benzene rings is 1. The minimum absolute atomic E-state index is 0.249. The molecule has 0 aliphatic heterocycles. The standard InChI is InChI=1S/C27H32N4O5S2/c1-5-35-26(34)22-20-10-8-6-7-9-11-21(20)38-24(22)28-23(32)16(2)36-25(33)18-12-14-19(15-13-18)31-17(3)29-30-27(31)37-4/h12-16H,5-11H2,1-4H3,(H,28,32). The molecule has 0 fully saturated rings. The number of anilines is 1. The monoisotopic (exact) mass is 556 g/mol. The molecule has 0 saturated heterocycles. The highest BCUT2D eigenvalue weighted by Crippen LogP contribution is 2.37. The molecule has 2 aromatic heterocycles. The quantitative estimate of drug-likeness (QED) is 0.291. The van der Waals surface area contributed by atoms with Gasteiger partial charge in [-0.2, -0.15) is 0 Å². The van der Waals surface area contributed by atoms with Crippen LogP contribution in [0, 0.1) is 6.92 Å². The third-order valence-electron chi connectivity index (χ3n) is 6.38. The summed E-state index contributed by atoms with van der Waals surface area (Å²) in [5.41, 5.74) is 2.54. The fourth-order valence-electron chi connectivity index (χ4n) is 4.44. The zero-order valence-corrected chi connectivity index (χ0v) is 23.7. The molecule has 4 rings (SSSR count). The molecule has 3 aromatic rings. The van der Waals surface area contributed by atoms with Gasteiger partial charge in [0.25, 0.3) is 5.91 Å². The number of esters is 2. The lowest BCUT2D eigenvalue weighted by atomic mass is 9.96. The number of aryl methyl sites for hydroxylation is 2. The van der Waals surface area contributed by atoms with Crippen molar-refractivity contribution in [2.24, 2.45) is 0 Å². The number of rotatable bonds is 8. The van der Waals surface area contributed by atoms with E-state index in [1.165, 1.54) is 30.0 Å². The smallest absolute Gasteiger partial charge is 0.341 e. The van der Waals surface area contributed by atoms with Crippen molar-refractivity contribution in [1.29, 1.82) is 0 Å². The van der Waals surface area contributed by atoms with Crippen molar-refractivity contribution in [3.63, 3.8) is 0 Å². The van der Waals surface area contributed by atoms with Gasteiger partial charge in [0.1, 0.15) is 10.8 Å². The van der Waals surface area contributed by atoms with Crippen LogP contribution in [-0.4, -0.2) is 51.6 Å². The predicted molar refractivity (Wildman–Crippen MR) is 148 cm³/mol. The molecule has 0 spiro atoms. The van der Waals surface area contributed by atoms with E-state index in [1.54, 1.807) is 31.2 Å². The van der Waals surface area contributed by atoms with Gasteiger partial charge in [-0.15, -0.1) is 21.5 Å². The summed E-state index contributed by atoms with van der Waals surface area (Å²) in [4.78, 5) is 39.7. The van der Waals surface area contributed by atoms with Crippen LogP contribution in [0.1, 0.15) is 76.5 Å². The Hall–Kier alpha value is -3.18. The Morgan fingerprint density at radius 1 is 1.08 bits per heavy atom. The molecule has 202 valence electrons. The average molecular weight is 557 g/mol. The molecule has 1 aliphatic rings. The summed E-state index contributed by atoms with van der Waals surface area (Å²) < 4.78 is 12.7. The molecule has 0 bridgehead atoms. The highest BCUT2D eigenvalue weighted by atomic mass is 32.2. The lowest BCUT2D eigenvalue weighted by Gasteiger charge is -2.14. The van der Waals surface area contributed by atoms with Crippen molar-refractivity contribution in [2.75, 3.05) is 18.2 Å². The van der Waals surface area contributed by atoms with Crippen LogP contribution in [0.4, 0.5) is 5.00 Å². The van der Waals surface area contributed by atoms with Crippen LogP contribution in [0.25, 0.3) is 5.69 Å². The fraction of sp³-hybridized carbons (Fsp3) is 0.444. The summed E-state index contributed by atoms with van der Waals surface area (Å²) in [7, 11) is 0. The first-order chi connectivity index (χ1) is 18.3. The molecule has 1 N–H and O–H groups in total. The molecule has 0 radical (unpaired) electrons. The number of carbonyl (C=O) groups is 3. The van der Waals surface area contributed by atoms with Gasteiger partial charge in [-0.3, -0.25) is 9.36 Å². The van der Waals surface area contributed by atoms with Crippen molar-refractivity contribution >= 4 is 45.9 Å². The first-order valence-electron chi connectivity index (χ1n) is 12.7. The van der Waals surface area contributed by atoms with Crippen molar-refractivity contribution < 1.29 is 23.9 Å². The normalized spacial score (nSPS) is 14.1. The number of carbonyl (C=O) groups excluding carboxylic acids is 3. The number of amides is 1. The van der Waals surface area contributed by atoms with Crippen LogP contribution in [0.15, 0.2) is 29.4 Å². The van der Waals surface area contributed by atoms with E-state index in [9.17, 15) is 14.4 Å². The topological polar surface area (TPSA) is 112 Å². The number of hydrogen-bond acceptors (Lipinski definition) is 9. The molecular weight excluding hydrogens is 524 g/mol. The van der Waals surface area contributed by atoms with Gasteiger partial charge >= 0.3 is 11.9 Å². The van der Waals surface area contributed by atoms with E-state index in [0.29, 0.717) is 16.1 Å². The van der Waals surface area contributed by atoms with Crippen molar-refractivity contribution in [1.82, 2.24) is 14.8 Å². The van der Waals surface area contributed by atoms with Crippen molar-refractivity contribution in [3.05, 3.63) is 51.7 Å². The van der Waals surface area contributed by atoms with Crippen LogP contribution < -0.4 is 5.32 Å². The van der Waals surface area contributed by atoms with Gasteiger partial charge in [0.05, 0.1) is 17.7 Å². The molecule has 2 heterocycles. The van der Waals surface area contributed by atoms with Gasteiger partial charge < -0.3 is 14.8 Å². The third kappa shape index (κ3) is 6.10. The second-order valence-corrected chi connectivity index (χ2v) is 10.9. The molecule has 38 heavy (non-hydrogen) atoms. The molecule has 1 unspecified atom stereocenters. The highest BCUT2D eigenvalue weighted by Gasteiger charge is 2.28. The van der Waals surface area contributed by atoms with E-state index in [2.05, 4.69) is 15.5 Å². The Balaban J connectivity index is 1.47. The van der Waals surface area contributed by atoms with E-state index < -0.39 is 23.9 Å². The molecule has 9 nitrogen and oxygen atoms in total. The number of thiophene rings is 1. The lowest BCUT2D eigenvalue weighted by molar-refractivity contribution is -0.123. The highest BCUT2D eigenvalue weighted by molar-refractivity contribution is 7.98. The van der Waals surface area contributed by atoms with Crippen LogP contribution in [0.5, 0.6) is 0 Å². The number of nitrogens with one attached hydrogen (secondary N) is 1. The Morgan fingerprint density at radius 3 is 2.47 bits per heavy atom. The Morgan fingerprint density at radius 2 is 1.79 bits per heavy atom. The first kappa shape index (κ1) is 27.8. The largest absolute Gasteiger partial charge is 0.462 e. The van der Waals surface area contributed by atoms with Gasteiger partial charge in [-0.25, -0.2) is 9.59 Å². The van der Waals surface area contributed by atoms with Gasteiger partial charge in [0.15, 0.2) is 11.3 Å². The molecule has 1 amide bonds. The minimum atomic E-state index is -1.06. The van der Waals surface area contributed by atoms with Crippen molar-refractivity contribution in [2.45, 2.75) is 70.6 Å². The maximum Gasteiger partial charge on any atom is 0.341 e. The van der Waals surface area contributed by atoms with Crippen LogP contribution in [0.2, 0.25) is 0 Å². The molecule has 11 heteroatoms. The lowest BCUT2D eigenvalue weighted by Crippen LogP contribution is -2.30. The molecule has 1 aromatic carbocycles. The minimum Gasteiger partial charge on any atom is -0.462 e. The second kappa shape index (κ2) is 12.6. The number of thioether (sulfide) groups is 1. The Labute approximate surface area is 230 Å². The molecular formula is C27H32N4O5S2. The van der Waals surface area contributed by atoms with E-state index in [0.717, 1.165) is 65.6 Å². The number of hydrogen-bond donors (Lipinski definition) is 1. The maximum atomic E-state index is 13.0. The number of ether oxygens (including phenoxy) is 2. The number of aromatic nitrogens is 3. The Kier molecular flexibility index (Phi) is 9.22. The molecule has 1 atom stereocenters. The number of nitrogens with zero attached hydrogens (tertiary/aromatic N) is 3. The zero-order valence-electron chi connectivity index (χ0n) is 22.0. The first-order valence-corrected chi connectivity index (χ1v) is 14.8. The summed E-state index contributed by atoms with van der Waals surface area (Å²) in [6.07, 6.45) is 6.81. The van der Waals surface area contributed by atoms with Crippen molar-refractivity contribution in [3.8, 4) is 5.69 Å². The summed E-state index contributed by atoms with van der Waals surface area (Å²) >= 11 is 2.89. The average Bonchev–Trinajstić information content (AvgIpc) is 3.43. The molecule has 0 saturated carbocycles. The maximum absolute atomic E-state index is 13.0. The van der Waals surface area contributed by atoms with Gasteiger partial charge in [0, 0.05) is 10.6 Å². The van der Waals surface area contributed by atoms with Crippen LogP contribution in [-0.2, 0) is 27.1 Å². The predicted octanol–water partition coefficient (Wildman–Crippen LogP) is 5.38. The summed E-state index contributed by atoms with van der Waals surface area (Å²) in [5, 5.41) is 12.3. The van der Waals surface area contributed by atoms with Gasteiger partial charge in [-0.1, -0.05) is 24.6 Å². The zero-order chi connectivity index (χ0) is 27.2. The van der Waals surface area contributed by atoms with E-state index in [1.807, 2.05) is 17.7 Å². The summed E-state index contributed by atoms with van der Waals surface area (Å²) in [5.74, 6) is -0.814. The second-order valence-electron chi connectivity index (χ2n) is 9.00. The fourth-order valence-corrected chi connectivity index (χ4v) is 6.26. The molecule has 1 aliphatic carbocycles. The third-order valence-corrected chi connectivity index (χ3v) is 8.22.